The van der Waals surface area contributed by atoms with E-state index < -0.39 is 0 Å². The van der Waals surface area contributed by atoms with Gasteiger partial charge in [-0.2, -0.15) is 0 Å². The maximum absolute atomic E-state index is 5.78. The number of aryl methyl sites for hydroxylation is 1. The largest absolute Gasteiger partial charge is 0.384 e. The molecular formula is C31H37N5. The van der Waals surface area contributed by atoms with Gasteiger partial charge in [-0.3, -0.25) is 9.98 Å². The van der Waals surface area contributed by atoms with Crippen LogP contribution >= 0.6 is 0 Å². The third-order valence-electron chi connectivity index (χ3n) is 6.76. The molecule has 0 aliphatic heterocycles. The summed E-state index contributed by atoms with van der Waals surface area (Å²) in [5.74, 6) is 1.82. The smallest absolute Gasteiger partial charge is 0.157 e. The molecule has 0 saturated heterocycles. The zero-order valence-corrected chi connectivity index (χ0v) is 21.7. The quantitative estimate of drug-likeness (QED) is 0.196. The zero-order valence-electron chi connectivity index (χ0n) is 21.7. The molecule has 2 aromatic carbocycles. The molecule has 1 aliphatic carbocycles. The molecule has 0 unspecified atom stereocenters. The average molecular weight is 480 g/mol. The fraction of sp³-hybridized carbons (Fsp3) is 0.323. The number of hydrogen-bond acceptors (Lipinski definition) is 4. The van der Waals surface area contributed by atoms with E-state index in [2.05, 4.69) is 78.8 Å². The fourth-order valence-corrected chi connectivity index (χ4v) is 4.72. The van der Waals surface area contributed by atoms with E-state index in [1.165, 1.54) is 18.6 Å². The highest BCUT2D eigenvalue weighted by molar-refractivity contribution is 5.96. The Morgan fingerprint density at radius 2 is 1.81 bits per heavy atom. The van der Waals surface area contributed by atoms with E-state index in [1.54, 1.807) is 7.05 Å². The van der Waals surface area contributed by atoms with Gasteiger partial charge in [0.1, 0.15) is 11.5 Å². The summed E-state index contributed by atoms with van der Waals surface area (Å²) in [6, 6.07) is 16.5. The summed E-state index contributed by atoms with van der Waals surface area (Å²) in [5, 5.41) is 4.72. The maximum atomic E-state index is 5.78. The van der Waals surface area contributed by atoms with Crippen LogP contribution in [-0.4, -0.2) is 23.6 Å². The first-order valence-corrected chi connectivity index (χ1v) is 13.0. The lowest BCUT2D eigenvalue weighted by molar-refractivity contribution is 0.591. The lowest BCUT2D eigenvalue weighted by Crippen LogP contribution is -2.14. The maximum Gasteiger partial charge on any atom is 0.157 e. The van der Waals surface area contributed by atoms with Crippen molar-refractivity contribution in [3.05, 3.63) is 77.9 Å². The highest BCUT2D eigenvalue weighted by Crippen LogP contribution is 2.36. The Morgan fingerprint density at radius 3 is 2.50 bits per heavy atom. The predicted octanol–water partition coefficient (Wildman–Crippen LogP) is 7.91. The number of amidine groups is 1. The van der Waals surface area contributed by atoms with Gasteiger partial charge in [-0.25, -0.2) is 4.98 Å². The number of benzene rings is 2. The van der Waals surface area contributed by atoms with Gasteiger partial charge >= 0.3 is 0 Å². The first-order valence-electron chi connectivity index (χ1n) is 13.0. The number of anilines is 2. The minimum atomic E-state index is 0.503. The van der Waals surface area contributed by atoms with Crippen LogP contribution in [-0.2, 0) is 0 Å². The number of fused-ring (bicyclic) bond motifs is 1. The second-order valence-corrected chi connectivity index (χ2v) is 9.36. The standard InChI is InChI=1S/C31H37N5/c1-4-11-27(24-12-7-5-6-8-13-24)35-30-22(2)26-14-9-10-15-28(26)36-31(30)34-25-19-16-23(17-20-25)18-21-29(32)33-3/h5-6,9-10,14-21,24H,4,7-8,11-13H2,1-3H3,(H2,32,33)(H,34,36)/b21-18+,35-27?. The summed E-state index contributed by atoms with van der Waals surface area (Å²) >= 11 is 0. The van der Waals surface area contributed by atoms with Crippen LogP contribution in [0.5, 0.6) is 0 Å². The lowest BCUT2D eigenvalue weighted by Gasteiger charge is -2.19. The average Bonchev–Trinajstić information content (AvgIpc) is 3.19. The van der Waals surface area contributed by atoms with Gasteiger partial charge in [0, 0.05) is 23.8 Å². The van der Waals surface area contributed by atoms with Gasteiger partial charge in [0.15, 0.2) is 5.82 Å². The molecule has 0 fully saturated rings. The van der Waals surface area contributed by atoms with Gasteiger partial charge in [0.2, 0.25) is 0 Å². The van der Waals surface area contributed by atoms with Gasteiger partial charge in [-0.1, -0.05) is 61.9 Å². The van der Waals surface area contributed by atoms with Gasteiger partial charge in [-0.05, 0) is 80.3 Å². The molecule has 0 atom stereocenters. The molecule has 1 aliphatic rings. The molecule has 4 rings (SSSR count). The molecule has 186 valence electrons. The van der Waals surface area contributed by atoms with Gasteiger partial charge in [0.25, 0.3) is 0 Å². The van der Waals surface area contributed by atoms with E-state index in [4.69, 9.17) is 15.7 Å². The van der Waals surface area contributed by atoms with Gasteiger partial charge in [0.05, 0.1) is 5.52 Å². The Morgan fingerprint density at radius 1 is 1.08 bits per heavy atom. The summed E-state index contributed by atoms with van der Waals surface area (Å²) in [7, 11) is 1.68. The zero-order chi connectivity index (χ0) is 25.3. The van der Waals surface area contributed by atoms with E-state index >= 15 is 0 Å². The van der Waals surface area contributed by atoms with Crippen molar-refractivity contribution in [3.8, 4) is 0 Å². The number of hydrogen-bond donors (Lipinski definition) is 2. The lowest BCUT2D eigenvalue weighted by atomic mass is 9.91. The number of rotatable bonds is 8. The molecule has 0 saturated carbocycles. The molecule has 3 aromatic rings. The van der Waals surface area contributed by atoms with Crippen molar-refractivity contribution in [1.82, 2.24) is 4.98 Å². The summed E-state index contributed by atoms with van der Waals surface area (Å²) in [4.78, 5) is 14.4. The number of nitrogens with one attached hydrogen (secondary N) is 1. The van der Waals surface area contributed by atoms with E-state index in [9.17, 15) is 0 Å². The molecular weight excluding hydrogens is 442 g/mol. The molecule has 36 heavy (non-hydrogen) atoms. The molecule has 5 heteroatoms. The van der Waals surface area contributed by atoms with E-state index in [-0.39, 0.29) is 0 Å². The number of nitrogens with zero attached hydrogens (tertiary/aromatic N) is 3. The van der Waals surface area contributed by atoms with Crippen molar-refractivity contribution in [2.45, 2.75) is 52.4 Å². The molecule has 0 bridgehead atoms. The van der Waals surface area contributed by atoms with Crippen molar-refractivity contribution in [3.63, 3.8) is 0 Å². The summed E-state index contributed by atoms with van der Waals surface area (Å²) in [5.41, 5.74) is 12.2. The number of allylic oxidation sites excluding steroid dienone is 2. The van der Waals surface area contributed by atoms with Crippen LogP contribution in [0.2, 0.25) is 0 Å². The van der Waals surface area contributed by atoms with E-state index in [1.807, 2.05) is 18.2 Å². The van der Waals surface area contributed by atoms with Crippen molar-refractivity contribution >= 4 is 45.7 Å². The number of aromatic nitrogens is 1. The first kappa shape index (κ1) is 25.4. The van der Waals surface area contributed by atoms with Gasteiger partial charge in [-0.15, -0.1) is 0 Å². The molecule has 1 aromatic heterocycles. The Balaban J connectivity index is 1.73. The number of para-hydroxylation sites is 1. The Hall–Kier alpha value is -3.73. The monoisotopic (exact) mass is 479 g/mol. The molecule has 3 N–H and O–H groups in total. The third kappa shape index (κ3) is 6.28. The fourth-order valence-electron chi connectivity index (χ4n) is 4.72. The molecule has 0 spiro atoms. The highest BCUT2D eigenvalue weighted by Gasteiger charge is 2.19. The highest BCUT2D eigenvalue weighted by atomic mass is 15.0. The van der Waals surface area contributed by atoms with Crippen molar-refractivity contribution in [2.24, 2.45) is 21.6 Å². The summed E-state index contributed by atoms with van der Waals surface area (Å²) in [6.45, 7) is 4.41. The Labute approximate surface area is 215 Å². The van der Waals surface area contributed by atoms with Crippen molar-refractivity contribution in [1.29, 1.82) is 0 Å². The van der Waals surface area contributed by atoms with Crippen molar-refractivity contribution in [2.75, 3.05) is 12.4 Å². The van der Waals surface area contributed by atoms with Crippen molar-refractivity contribution < 1.29 is 0 Å². The van der Waals surface area contributed by atoms with Crippen LogP contribution in [0.25, 0.3) is 17.0 Å². The minimum absolute atomic E-state index is 0.503. The van der Waals surface area contributed by atoms with Crippen LogP contribution < -0.4 is 11.1 Å². The summed E-state index contributed by atoms with van der Waals surface area (Å²) < 4.78 is 0. The molecule has 0 amide bonds. The van der Waals surface area contributed by atoms with Crippen LogP contribution in [0.4, 0.5) is 17.2 Å². The predicted molar refractivity (Wildman–Crippen MR) is 156 cm³/mol. The molecule has 5 nitrogen and oxygen atoms in total. The molecule has 0 radical (unpaired) electrons. The molecule has 1 heterocycles. The number of nitrogens with two attached hydrogens (primary N) is 1. The van der Waals surface area contributed by atoms with E-state index in [0.29, 0.717) is 11.8 Å². The summed E-state index contributed by atoms with van der Waals surface area (Å²) in [6.07, 6.45) is 15.1. The number of pyridine rings is 1. The van der Waals surface area contributed by atoms with Gasteiger partial charge < -0.3 is 11.1 Å². The second kappa shape index (κ2) is 12.3. The van der Waals surface area contributed by atoms with Crippen LogP contribution in [0.3, 0.4) is 0 Å². The topological polar surface area (TPSA) is 75.7 Å². The normalized spacial score (nSPS) is 15.5. The minimum Gasteiger partial charge on any atom is -0.384 e. The Kier molecular flexibility index (Phi) is 8.66. The second-order valence-electron chi connectivity index (χ2n) is 9.36. The van der Waals surface area contributed by atoms with Crippen LogP contribution in [0.15, 0.2) is 76.7 Å². The van der Waals surface area contributed by atoms with E-state index in [0.717, 1.165) is 64.9 Å². The third-order valence-corrected chi connectivity index (χ3v) is 6.76. The van der Waals surface area contributed by atoms with Crippen LogP contribution in [0.1, 0.15) is 56.6 Å². The number of aliphatic imine (C=N–C) groups is 2. The first-order chi connectivity index (χ1) is 17.6. The van der Waals surface area contributed by atoms with Crippen LogP contribution in [0, 0.1) is 12.8 Å². The SMILES string of the molecule is CCCC(=Nc1c(Nc2ccc(/C=C/C(N)=NC)cc2)nc2ccccc2c1C)C1CCC=CCC1. The Bertz CT molecular complexity index is 1290.